The smallest absolute Gasteiger partial charge is 0.225 e. The number of amides is 2. The van der Waals surface area contributed by atoms with Gasteiger partial charge < -0.3 is 14.7 Å². The van der Waals surface area contributed by atoms with Crippen LogP contribution in [0.2, 0.25) is 0 Å². The molecule has 1 aromatic rings. The number of piperidine rings is 1. The number of hydrogen-bond donors (Lipinski definition) is 0. The van der Waals surface area contributed by atoms with E-state index < -0.39 is 0 Å². The first kappa shape index (κ1) is 18.3. The van der Waals surface area contributed by atoms with E-state index in [0.717, 1.165) is 70.5 Å². The summed E-state index contributed by atoms with van der Waals surface area (Å²) in [6.45, 7) is 4.58. The monoisotopic (exact) mass is 373 g/mol. The number of carbonyl (C=O) groups excluding carboxylic acids is 2. The lowest BCUT2D eigenvalue weighted by atomic mass is 9.95. The molecule has 1 aromatic carbocycles. The minimum atomic E-state index is -0.225. The second kappa shape index (κ2) is 7.87. The zero-order valence-corrected chi connectivity index (χ0v) is 15.8. The predicted octanol–water partition coefficient (Wildman–Crippen LogP) is 2.51. The van der Waals surface area contributed by atoms with Crippen molar-refractivity contribution < 1.29 is 14.0 Å². The minimum Gasteiger partial charge on any atom is -0.370 e. The molecule has 3 fully saturated rings. The van der Waals surface area contributed by atoms with Gasteiger partial charge in [0.1, 0.15) is 5.82 Å². The van der Waals surface area contributed by atoms with Crippen molar-refractivity contribution in [2.45, 2.75) is 32.1 Å². The van der Waals surface area contributed by atoms with E-state index in [1.165, 1.54) is 12.1 Å². The van der Waals surface area contributed by atoms with Crippen LogP contribution in [0.1, 0.15) is 32.1 Å². The standard InChI is InChI=1S/C21H28FN3O2/c22-18-4-6-19(7-5-18)23-10-1-11-24(15-14-23)21(27)17-8-12-25(13-9-17)20(26)16-2-3-16/h4-7,16-17H,1-3,8-15H2. The third-order valence-electron chi connectivity index (χ3n) is 6.08. The highest BCUT2D eigenvalue weighted by atomic mass is 19.1. The normalized spacial score (nSPS) is 21.9. The maximum atomic E-state index is 13.1. The summed E-state index contributed by atoms with van der Waals surface area (Å²) in [5, 5.41) is 0. The number of carbonyl (C=O) groups is 2. The molecule has 2 aliphatic heterocycles. The van der Waals surface area contributed by atoms with Gasteiger partial charge in [0.2, 0.25) is 11.8 Å². The summed E-state index contributed by atoms with van der Waals surface area (Å²) in [7, 11) is 0. The van der Waals surface area contributed by atoms with E-state index in [-0.39, 0.29) is 23.6 Å². The minimum absolute atomic E-state index is 0.0469. The topological polar surface area (TPSA) is 43.9 Å². The van der Waals surface area contributed by atoms with Crippen LogP contribution in [0.3, 0.4) is 0 Å². The van der Waals surface area contributed by atoms with Crippen LogP contribution >= 0.6 is 0 Å². The van der Waals surface area contributed by atoms with Gasteiger partial charge in [0.25, 0.3) is 0 Å². The van der Waals surface area contributed by atoms with Crippen molar-refractivity contribution in [3.63, 3.8) is 0 Å². The molecule has 1 saturated carbocycles. The summed E-state index contributed by atoms with van der Waals surface area (Å²) in [6.07, 6.45) is 4.57. The Balaban J connectivity index is 1.29. The van der Waals surface area contributed by atoms with E-state index in [1.807, 2.05) is 9.80 Å². The van der Waals surface area contributed by atoms with Crippen LogP contribution in [0.15, 0.2) is 24.3 Å². The molecule has 2 saturated heterocycles. The fraction of sp³-hybridized carbons (Fsp3) is 0.619. The van der Waals surface area contributed by atoms with E-state index in [9.17, 15) is 14.0 Å². The lowest BCUT2D eigenvalue weighted by Gasteiger charge is -2.34. The van der Waals surface area contributed by atoms with Gasteiger partial charge in [-0.1, -0.05) is 0 Å². The largest absolute Gasteiger partial charge is 0.370 e. The van der Waals surface area contributed by atoms with Gasteiger partial charge in [0.05, 0.1) is 0 Å². The molecule has 0 aromatic heterocycles. The van der Waals surface area contributed by atoms with E-state index in [0.29, 0.717) is 12.5 Å². The third-order valence-corrected chi connectivity index (χ3v) is 6.08. The second-order valence-corrected chi connectivity index (χ2v) is 8.02. The Bertz CT molecular complexity index is 681. The van der Waals surface area contributed by atoms with E-state index in [2.05, 4.69) is 4.90 Å². The summed E-state index contributed by atoms with van der Waals surface area (Å²) in [4.78, 5) is 31.3. The summed E-state index contributed by atoms with van der Waals surface area (Å²) >= 11 is 0. The first-order valence-corrected chi connectivity index (χ1v) is 10.2. The van der Waals surface area contributed by atoms with E-state index in [4.69, 9.17) is 0 Å². The molecule has 0 bridgehead atoms. The molecule has 3 aliphatic rings. The quantitative estimate of drug-likeness (QED) is 0.818. The van der Waals surface area contributed by atoms with Crippen molar-refractivity contribution in [2.24, 2.45) is 11.8 Å². The van der Waals surface area contributed by atoms with Crippen LogP contribution in [0.25, 0.3) is 0 Å². The molecule has 0 N–H and O–H groups in total. The fourth-order valence-electron chi connectivity index (χ4n) is 4.24. The lowest BCUT2D eigenvalue weighted by molar-refractivity contribution is -0.141. The molecule has 4 rings (SSSR count). The van der Waals surface area contributed by atoms with Gasteiger partial charge in [-0.15, -0.1) is 0 Å². The molecule has 2 heterocycles. The molecule has 27 heavy (non-hydrogen) atoms. The Morgan fingerprint density at radius 2 is 1.33 bits per heavy atom. The molecule has 1 aliphatic carbocycles. The van der Waals surface area contributed by atoms with Gasteiger partial charge in [0, 0.05) is 56.8 Å². The molecule has 0 unspecified atom stereocenters. The Kier molecular flexibility index (Phi) is 5.32. The summed E-state index contributed by atoms with van der Waals surface area (Å²) in [5.41, 5.74) is 1.01. The van der Waals surface area contributed by atoms with Crippen LogP contribution in [-0.4, -0.2) is 60.9 Å². The maximum Gasteiger partial charge on any atom is 0.225 e. The molecule has 0 radical (unpaired) electrons. The number of hydrogen-bond acceptors (Lipinski definition) is 3. The Hall–Kier alpha value is -2.11. The van der Waals surface area contributed by atoms with Crippen molar-refractivity contribution >= 4 is 17.5 Å². The average Bonchev–Trinajstić information content (AvgIpc) is 3.54. The molecule has 5 nitrogen and oxygen atoms in total. The molecule has 2 amide bonds. The Morgan fingerprint density at radius 1 is 0.741 bits per heavy atom. The zero-order valence-electron chi connectivity index (χ0n) is 15.8. The summed E-state index contributed by atoms with van der Waals surface area (Å²) in [5.74, 6) is 0.628. The van der Waals surface area contributed by atoms with Crippen LogP contribution in [0.5, 0.6) is 0 Å². The van der Waals surface area contributed by atoms with Gasteiger partial charge >= 0.3 is 0 Å². The summed E-state index contributed by atoms with van der Waals surface area (Å²) < 4.78 is 13.1. The second-order valence-electron chi connectivity index (χ2n) is 8.02. The van der Waals surface area contributed by atoms with Crippen molar-refractivity contribution in [2.75, 3.05) is 44.2 Å². The number of nitrogens with zero attached hydrogens (tertiary/aromatic N) is 3. The number of rotatable bonds is 3. The molecular formula is C21H28FN3O2. The number of halogens is 1. The molecule has 0 atom stereocenters. The maximum absolute atomic E-state index is 13.1. The van der Waals surface area contributed by atoms with Crippen molar-refractivity contribution in [1.29, 1.82) is 0 Å². The molecule has 146 valence electrons. The Morgan fingerprint density at radius 3 is 1.96 bits per heavy atom. The highest BCUT2D eigenvalue weighted by molar-refractivity contribution is 5.82. The van der Waals surface area contributed by atoms with E-state index in [1.54, 1.807) is 12.1 Å². The lowest BCUT2D eigenvalue weighted by Crippen LogP contribution is -2.45. The van der Waals surface area contributed by atoms with E-state index >= 15 is 0 Å². The molecule has 6 heteroatoms. The highest BCUT2D eigenvalue weighted by Crippen LogP contribution is 2.32. The van der Waals surface area contributed by atoms with Gasteiger partial charge in [-0.3, -0.25) is 9.59 Å². The van der Waals surface area contributed by atoms with Crippen LogP contribution in [0, 0.1) is 17.7 Å². The van der Waals surface area contributed by atoms with Crippen molar-refractivity contribution in [3.05, 3.63) is 30.1 Å². The highest BCUT2D eigenvalue weighted by Gasteiger charge is 2.36. The van der Waals surface area contributed by atoms with Crippen molar-refractivity contribution in [1.82, 2.24) is 9.80 Å². The molecular weight excluding hydrogens is 345 g/mol. The van der Waals surface area contributed by atoms with Gasteiger partial charge in [-0.25, -0.2) is 4.39 Å². The van der Waals surface area contributed by atoms with Crippen molar-refractivity contribution in [3.8, 4) is 0 Å². The average molecular weight is 373 g/mol. The fourth-order valence-corrected chi connectivity index (χ4v) is 4.24. The summed E-state index contributed by atoms with van der Waals surface area (Å²) in [6, 6.07) is 6.58. The van der Waals surface area contributed by atoms with Gasteiger partial charge in [-0.05, 0) is 56.4 Å². The number of anilines is 1. The first-order valence-electron chi connectivity index (χ1n) is 10.2. The SMILES string of the molecule is O=C(C1CC1)N1CCC(C(=O)N2CCCN(c3ccc(F)cc3)CC2)CC1. The van der Waals surface area contributed by atoms with Gasteiger partial charge in [-0.2, -0.15) is 0 Å². The van der Waals surface area contributed by atoms with Gasteiger partial charge in [0.15, 0.2) is 0 Å². The number of likely N-dealkylation sites (tertiary alicyclic amines) is 1. The first-order chi connectivity index (χ1) is 13.1. The zero-order chi connectivity index (χ0) is 18.8. The predicted molar refractivity (Wildman–Crippen MR) is 102 cm³/mol. The Labute approximate surface area is 160 Å². The van der Waals surface area contributed by atoms with Crippen LogP contribution < -0.4 is 4.90 Å². The van der Waals surface area contributed by atoms with Crippen LogP contribution in [0.4, 0.5) is 10.1 Å². The molecule has 0 spiro atoms. The van der Waals surface area contributed by atoms with Crippen LogP contribution in [-0.2, 0) is 9.59 Å². The third kappa shape index (κ3) is 4.25. The number of benzene rings is 1.